The Morgan fingerprint density at radius 1 is 1.32 bits per heavy atom. The van der Waals surface area contributed by atoms with E-state index in [0.29, 0.717) is 0 Å². The van der Waals surface area contributed by atoms with Crippen LogP contribution in [0.4, 0.5) is 0 Å². The van der Waals surface area contributed by atoms with E-state index in [1.165, 1.54) is 6.92 Å². The summed E-state index contributed by atoms with van der Waals surface area (Å²) in [6, 6.07) is -1.00. The molecule has 2 aliphatic heterocycles. The van der Waals surface area contributed by atoms with E-state index in [0.717, 1.165) is 0 Å². The summed E-state index contributed by atoms with van der Waals surface area (Å²) < 4.78 is 17.0. The first-order chi connectivity index (χ1) is 14.4. The largest absolute Gasteiger partial charge is 0.481 e. The van der Waals surface area contributed by atoms with Crippen LogP contribution in [-0.4, -0.2) is 97.5 Å². The van der Waals surface area contributed by atoms with Gasteiger partial charge in [0.05, 0.1) is 42.7 Å². The van der Waals surface area contributed by atoms with E-state index in [4.69, 9.17) is 19.9 Å². The molecule has 7 unspecified atom stereocenters. The molecule has 0 bridgehead atoms. The molecule has 2 heterocycles. The van der Waals surface area contributed by atoms with Gasteiger partial charge in [-0.25, -0.2) is 0 Å². The van der Waals surface area contributed by atoms with Gasteiger partial charge in [0, 0.05) is 19.3 Å². The van der Waals surface area contributed by atoms with E-state index in [1.54, 1.807) is 26.0 Å². The zero-order valence-electron chi connectivity index (χ0n) is 17.9. The third kappa shape index (κ3) is 6.44. The lowest BCUT2D eigenvalue weighted by atomic mass is 9.83. The van der Waals surface area contributed by atoms with E-state index in [1.807, 2.05) is 0 Å². The lowest BCUT2D eigenvalue weighted by Crippen LogP contribution is -2.61. The van der Waals surface area contributed by atoms with Crippen molar-refractivity contribution < 1.29 is 49.6 Å². The molecule has 2 aliphatic rings. The summed E-state index contributed by atoms with van der Waals surface area (Å²) in [5.74, 6) is -4.55. The number of allylic oxidation sites excluding steroid dienone is 1. The summed E-state index contributed by atoms with van der Waals surface area (Å²) in [6.07, 6.45) is -6.09. The predicted molar refractivity (Wildman–Crippen MR) is 106 cm³/mol. The van der Waals surface area contributed by atoms with Crippen LogP contribution in [-0.2, 0) is 19.0 Å². The molecule has 31 heavy (non-hydrogen) atoms. The topological polar surface area (TPSA) is 192 Å². The number of rotatable bonds is 8. The number of carbonyl (C=O) groups is 1. The molecule has 0 amide bonds. The molecule has 2 rings (SSSR count). The molecule has 0 radical (unpaired) electrons. The van der Waals surface area contributed by atoms with Crippen molar-refractivity contribution in [3.63, 3.8) is 0 Å². The average molecular weight is 449 g/mol. The molecule has 11 heteroatoms. The van der Waals surface area contributed by atoms with E-state index >= 15 is 0 Å². The summed E-state index contributed by atoms with van der Waals surface area (Å²) in [6.45, 7) is 4.73. The van der Waals surface area contributed by atoms with Crippen LogP contribution in [0, 0.1) is 5.92 Å². The van der Waals surface area contributed by atoms with Crippen molar-refractivity contribution in [2.45, 2.75) is 101 Å². The molecule has 0 aromatic rings. The van der Waals surface area contributed by atoms with Crippen LogP contribution in [0.3, 0.4) is 0 Å². The van der Waals surface area contributed by atoms with Crippen LogP contribution in [0.15, 0.2) is 12.2 Å². The fourth-order valence-electron chi connectivity index (χ4n) is 4.19. The number of aliphatic carboxylic acids is 1. The van der Waals surface area contributed by atoms with Gasteiger partial charge in [0.1, 0.15) is 12.0 Å². The zero-order valence-corrected chi connectivity index (χ0v) is 17.9. The number of aliphatic hydroxyl groups excluding tert-OH is 4. The van der Waals surface area contributed by atoms with Gasteiger partial charge < -0.3 is 50.6 Å². The van der Waals surface area contributed by atoms with E-state index in [-0.39, 0.29) is 19.3 Å². The number of carboxylic acids is 1. The lowest BCUT2D eigenvalue weighted by Gasteiger charge is -2.45. The Morgan fingerprint density at radius 2 is 1.97 bits per heavy atom. The minimum atomic E-state index is -1.91. The molecule has 11 atom stereocenters. The Hall–Kier alpha value is -1.15. The third-order valence-corrected chi connectivity index (χ3v) is 5.69. The number of ether oxygens (including phenoxy) is 3. The van der Waals surface area contributed by atoms with E-state index in [2.05, 4.69) is 0 Å². The summed E-state index contributed by atoms with van der Waals surface area (Å²) in [5.41, 5.74) is 5.83. The van der Waals surface area contributed by atoms with Gasteiger partial charge in [-0.3, -0.25) is 4.79 Å². The standard InChI is InChI=1S/C20H35NO10/c1-4-5-11(30-19-17(25)15(21)16(24)10(3)29-19)6-13-14(18(26)27)12(23)8-20(28,31-13)7-9(2)22/h4-5,9-17,19,22-25,28H,6-8,21H2,1-3H3,(H,26,27)/t9-,10?,11-,12?,13?,14+,15?,16?,17?,19?,20+/m0/s1. The SMILES string of the molecule is CC=C[C@@H](CC1O[C@](O)(C[C@H](C)O)CC(O)[C@H]1C(=O)O)OC1OC(C)C(O)C(N)C1O. The van der Waals surface area contributed by atoms with Crippen LogP contribution >= 0.6 is 0 Å². The van der Waals surface area contributed by atoms with Crippen LogP contribution in [0.5, 0.6) is 0 Å². The van der Waals surface area contributed by atoms with Crippen molar-refractivity contribution in [3.8, 4) is 0 Å². The molecule has 0 saturated carbocycles. The summed E-state index contributed by atoms with van der Waals surface area (Å²) in [5, 5.41) is 60.6. The second-order valence-corrected chi connectivity index (χ2v) is 8.50. The number of aliphatic hydroxyl groups is 5. The highest BCUT2D eigenvalue weighted by atomic mass is 16.7. The van der Waals surface area contributed by atoms with Gasteiger partial charge >= 0.3 is 5.97 Å². The minimum Gasteiger partial charge on any atom is -0.481 e. The smallest absolute Gasteiger partial charge is 0.311 e. The van der Waals surface area contributed by atoms with E-state index in [9.17, 15) is 35.4 Å². The molecule has 0 aromatic carbocycles. The van der Waals surface area contributed by atoms with Crippen molar-refractivity contribution in [2.24, 2.45) is 11.7 Å². The molecular weight excluding hydrogens is 414 g/mol. The molecular formula is C20H35NO10. The molecule has 2 fully saturated rings. The lowest BCUT2D eigenvalue weighted by molar-refractivity contribution is -0.307. The Balaban J connectivity index is 2.20. The van der Waals surface area contributed by atoms with Crippen LogP contribution in [0.25, 0.3) is 0 Å². The van der Waals surface area contributed by atoms with Gasteiger partial charge in [-0.15, -0.1) is 0 Å². The van der Waals surface area contributed by atoms with Gasteiger partial charge in [0.15, 0.2) is 12.1 Å². The number of nitrogens with two attached hydrogens (primary N) is 1. The first-order valence-corrected chi connectivity index (χ1v) is 10.4. The second kappa shape index (κ2) is 10.6. The van der Waals surface area contributed by atoms with Crippen molar-refractivity contribution in [1.82, 2.24) is 0 Å². The summed E-state index contributed by atoms with van der Waals surface area (Å²) in [4.78, 5) is 11.8. The maximum Gasteiger partial charge on any atom is 0.311 e. The predicted octanol–water partition coefficient (Wildman–Crippen LogP) is -1.56. The molecule has 0 spiro atoms. The van der Waals surface area contributed by atoms with Gasteiger partial charge in [0.25, 0.3) is 0 Å². The monoisotopic (exact) mass is 449 g/mol. The fraction of sp³-hybridized carbons (Fsp3) is 0.850. The second-order valence-electron chi connectivity index (χ2n) is 8.50. The molecule has 8 N–H and O–H groups in total. The fourth-order valence-corrected chi connectivity index (χ4v) is 4.19. The number of hydrogen-bond acceptors (Lipinski definition) is 10. The highest BCUT2D eigenvalue weighted by Crippen LogP contribution is 2.37. The molecule has 0 aliphatic carbocycles. The average Bonchev–Trinajstić information content (AvgIpc) is 2.62. The first kappa shape index (κ1) is 26.1. The van der Waals surface area contributed by atoms with Gasteiger partial charge in [-0.2, -0.15) is 0 Å². The number of carboxylic acid groups (broad SMARTS) is 1. The van der Waals surface area contributed by atoms with Gasteiger partial charge in [-0.05, 0) is 20.8 Å². The van der Waals surface area contributed by atoms with Crippen molar-refractivity contribution in [1.29, 1.82) is 0 Å². The van der Waals surface area contributed by atoms with E-state index < -0.39 is 72.7 Å². The van der Waals surface area contributed by atoms with Crippen molar-refractivity contribution >= 4 is 5.97 Å². The Labute approximate surface area is 181 Å². The Bertz CT molecular complexity index is 631. The third-order valence-electron chi connectivity index (χ3n) is 5.69. The highest BCUT2D eigenvalue weighted by Gasteiger charge is 2.50. The Morgan fingerprint density at radius 3 is 2.52 bits per heavy atom. The maximum atomic E-state index is 11.8. The molecule has 0 aromatic heterocycles. The zero-order chi connectivity index (χ0) is 23.5. The van der Waals surface area contributed by atoms with Crippen LogP contribution in [0.1, 0.15) is 40.0 Å². The van der Waals surface area contributed by atoms with Crippen molar-refractivity contribution in [2.75, 3.05) is 0 Å². The first-order valence-electron chi connectivity index (χ1n) is 10.4. The maximum absolute atomic E-state index is 11.8. The van der Waals surface area contributed by atoms with Gasteiger partial charge in [0.2, 0.25) is 0 Å². The van der Waals surface area contributed by atoms with Crippen molar-refractivity contribution in [3.05, 3.63) is 12.2 Å². The molecule has 11 nitrogen and oxygen atoms in total. The van der Waals surface area contributed by atoms with Crippen LogP contribution in [0.2, 0.25) is 0 Å². The summed E-state index contributed by atoms with van der Waals surface area (Å²) in [7, 11) is 0. The van der Waals surface area contributed by atoms with Gasteiger partial charge in [-0.1, -0.05) is 12.2 Å². The highest BCUT2D eigenvalue weighted by molar-refractivity contribution is 5.71. The normalized spacial score (nSPS) is 43.6. The molecule has 180 valence electrons. The summed E-state index contributed by atoms with van der Waals surface area (Å²) >= 11 is 0. The van der Waals surface area contributed by atoms with Crippen LogP contribution < -0.4 is 5.73 Å². The Kier molecular flexibility index (Phi) is 8.96. The minimum absolute atomic E-state index is 0.0980. The quantitative estimate of drug-likeness (QED) is 0.212. The number of hydrogen-bond donors (Lipinski definition) is 7. The molecule has 2 saturated heterocycles.